The molecule has 200 valence electrons. The van der Waals surface area contributed by atoms with Gasteiger partial charge in [0.2, 0.25) is 0 Å². The number of rotatable bonds is 5. The molecular formula is C38H37NO. The van der Waals surface area contributed by atoms with E-state index in [0.29, 0.717) is 6.04 Å². The van der Waals surface area contributed by atoms with Gasteiger partial charge in [-0.05, 0) is 85.6 Å². The summed E-state index contributed by atoms with van der Waals surface area (Å²) in [7, 11) is 0. The highest BCUT2D eigenvalue weighted by molar-refractivity contribution is 6.01. The average molecular weight is 524 g/mol. The number of furan rings is 1. The molecule has 40 heavy (non-hydrogen) atoms. The van der Waals surface area contributed by atoms with E-state index in [9.17, 15) is 0 Å². The summed E-state index contributed by atoms with van der Waals surface area (Å²) >= 11 is 0. The highest BCUT2D eigenvalue weighted by Crippen LogP contribution is 2.44. The second kappa shape index (κ2) is 10.5. The van der Waals surface area contributed by atoms with Crippen molar-refractivity contribution in [3.8, 4) is 11.1 Å². The Morgan fingerprint density at radius 1 is 0.875 bits per heavy atom. The fourth-order valence-corrected chi connectivity index (χ4v) is 6.94. The molecule has 2 heteroatoms. The summed E-state index contributed by atoms with van der Waals surface area (Å²) in [5.41, 5.74) is 8.61. The summed E-state index contributed by atoms with van der Waals surface area (Å²) < 4.78 is 6.85. The monoisotopic (exact) mass is 523 g/mol. The molecule has 0 spiro atoms. The summed E-state index contributed by atoms with van der Waals surface area (Å²) in [4.78, 5) is 2.59. The van der Waals surface area contributed by atoms with Gasteiger partial charge in [-0.3, -0.25) is 0 Å². The summed E-state index contributed by atoms with van der Waals surface area (Å²) in [5.74, 6) is 1.09. The standard InChI is InChI=1S/C38H37NO/c1-38(39(31-19-11-5-12-20-31)32-21-13-6-14-22-32)24-23-33-36(27-38)40-35-26-30(28-15-9-4-10-16-28)25-34(37(33)35)29-17-7-2-3-8-18-29/h4-6,9-17,19-21,23-26,32H,2-3,7-8,18,22,27H2,1H3. The zero-order chi connectivity index (χ0) is 26.9. The van der Waals surface area contributed by atoms with E-state index in [0.717, 1.165) is 37.0 Å². The second-order valence-corrected chi connectivity index (χ2v) is 11.7. The molecule has 4 aromatic rings. The van der Waals surface area contributed by atoms with Crippen molar-refractivity contribution in [3.63, 3.8) is 0 Å². The number of para-hydroxylation sites is 1. The van der Waals surface area contributed by atoms with Crippen LogP contribution in [0.25, 0.3) is 33.7 Å². The van der Waals surface area contributed by atoms with Crippen LogP contribution >= 0.6 is 0 Å². The van der Waals surface area contributed by atoms with Crippen LogP contribution in [0, 0.1) is 0 Å². The molecule has 2 nitrogen and oxygen atoms in total. The van der Waals surface area contributed by atoms with Crippen LogP contribution < -0.4 is 4.90 Å². The average Bonchev–Trinajstić information content (AvgIpc) is 3.15. The van der Waals surface area contributed by atoms with Gasteiger partial charge in [-0.2, -0.15) is 0 Å². The normalized spacial score (nSPS) is 22.1. The fourth-order valence-electron chi connectivity index (χ4n) is 6.94. The number of allylic oxidation sites excluding steroid dienone is 4. The van der Waals surface area contributed by atoms with Crippen molar-refractivity contribution < 1.29 is 4.42 Å². The van der Waals surface area contributed by atoms with Crippen LogP contribution in [-0.2, 0) is 6.42 Å². The first-order valence-electron chi connectivity index (χ1n) is 14.9. The Labute approximate surface area is 238 Å². The number of nitrogens with zero attached hydrogens (tertiary/aromatic N) is 1. The molecular weight excluding hydrogens is 486 g/mol. The Kier molecular flexibility index (Phi) is 6.55. The van der Waals surface area contributed by atoms with Crippen LogP contribution in [0.15, 0.2) is 114 Å². The topological polar surface area (TPSA) is 16.4 Å². The zero-order valence-corrected chi connectivity index (χ0v) is 23.4. The smallest absolute Gasteiger partial charge is 0.136 e. The van der Waals surface area contributed by atoms with E-state index >= 15 is 0 Å². The van der Waals surface area contributed by atoms with Crippen LogP contribution in [0.5, 0.6) is 0 Å². The molecule has 0 N–H and O–H groups in total. The van der Waals surface area contributed by atoms with Crippen LogP contribution in [0.3, 0.4) is 0 Å². The van der Waals surface area contributed by atoms with Gasteiger partial charge < -0.3 is 9.32 Å². The predicted molar refractivity (Wildman–Crippen MR) is 169 cm³/mol. The summed E-state index contributed by atoms with van der Waals surface area (Å²) in [5, 5.41) is 1.29. The van der Waals surface area contributed by atoms with Gasteiger partial charge in [-0.25, -0.2) is 0 Å². The molecule has 0 saturated carbocycles. The van der Waals surface area contributed by atoms with E-state index in [-0.39, 0.29) is 5.54 Å². The van der Waals surface area contributed by atoms with Gasteiger partial charge >= 0.3 is 0 Å². The van der Waals surface area contributed by atoms with Crippen molar-refractivity contribution in [1.29, 1.82) is 0 Å². The number of anilines is 1. The lowest BCUT2D eigenvalue weighted by Gasteiger charge is -2.46. The maximum Gasteiger partial charge on any atom is 0.136 e. The number of fused-ring (bicyclic) bond motifs is 3. The van der Waals surface area contributed by atoms with Gasteiger partial charge in [-0.15, -0.1) is 0 Å². The molecule has 3 aliphatic carbocycles. The predicted octanol–water partition coefficient (Wildman–Crippen LogP) is 10.2. The molecule has 0 aliphatic heterocycles. The molecule has 1 heterocycles. The van der Waals surface area contributed by atoms with Crippen LogP contribution in [0.4, 0.5) is 5.69 Å². The molecule has 1 aromatic heterocycles. The maximum absolute atomic E-state index is 6.85. The first-order chi connectivity index (χ1) is 19.7. The minimum absolute atomic E-state index is 0.216. The maximum atomic E-state index is 6.85. The Morgan fingerprint density at radius 2 is 1.70 bits per heavy atom. The molecule has 0 radical (unpaired) electrons. The first-order valence-corrected chi connectivity index (χ1v) is 14.9. The van der Waals surface area contributed by atoms with Crippen molar-refractivity contribution >= 4 is 28.3 Å². The third-order valence-electron chi connectivity index (χ3n) is 8.90. The summed E-state index contributed by atoms with van der Waals surface area (Å²) in [6.45, 7) is 2.36. The van der Waals surface area contributed by atoms with Gasteiger partial charge in [0.25, 0.3) is 0 Å². The molecule has 7 rings (SSSR count). The Bertz CT molecular complexity index is 1640. The SMILES string of the molecule is CC1(N(c2ccccc2)C2C=CC=CC2)C=Cc2c(oc3cc(-c4ccccc4)cc(C4=CCCCCC4)c23)C1. The lowest BCUT2D eigenvalue weighted by atomic mass is 9.83. The highest BCUT2D eigenvalue weighted by atomic mass is 16.3. The molecule has 3 aliphatic rings. The third-order valence-corrected chi connectivity index (χ3v) is 8.90. The quantitative estimate of drug-likeness (QED) is 0.259. The van der Waals surface area contributed by atoms with E-state index in [1.807, 2.05) is 0 Å². The van der Waals surface area contributed by atoms with Crippen molar-refractivity contribution in [2.45, 2.75) is 63.5 Å². The first kappa shape index (κ1) is 25.0. The second-order valence-electron chi connectivity index (χ2n) is 11.7. The summed E-state index contributed by atoms with van der Waals surface area (Å²) in [6, 6.07) is 26.6. The van der Waals surface area contributed by atoms with Gasteiger partial charge in [-0.1, -0.05) is 97.5 Å². The van der Waals surface area contributed by atoms with E-state index in [4.69, 9.17) is 4.42 Å². The number of hydrogen-bond donors (Lipinski definition) is 0. The lowest BCUT2D eigenvalue weighted by Crippen LogP contribution is -2.52. The number of benzene rings is 3. The summed E-state index contributed by atoms with van der Waals surface area (Å²) in [6.07, 6.45) is 24.2. The van der Waals surface area contributed by atoms with E-state index in [1.54, 1.807) is 0 Å². The third kappa shape index (κ3) is 4.56. The fraction of sp³-hybridized carbons (Fsp3) is 0.263. The number of hydrogen-bond acceptors (Lipinski definition) is 2. The van der Waals surface area contributed by atoms with Crippen LogP contribution in [-0.4, -0.2) is 11.6 Å². The Morgan fingerprint density at radius 3 is 2.50 bits per heavy atom. The molecule has 0 saturated heterocycles. The van der Waals surface area contributed by atoms with Gasteiger partial charge in [0, 0.05) is 23.1 Å². The van der Waals surface area contributed by atoms with Crippen molar-refractivity contribution in [2.75, 3.05) is 4.90 Å². The van der Waals surface area contributed by atoms with E-state index in [1.165, 1.54) is 58.2 Å². The van der Waals surface area contributed by atoms with E-state index < -0.39 is 0 Å². The van der Waals surface area contributed by atoms with E-state index in [2.05, 4.69) is 127 Å². The molecule has 2 unspecified atom stereocenters. The van der Waals surface area contributed by atoms with Gasteiger partial charge in [0.1, 0.15) is 11.3 Å². The lowest BCUT2D eigenvalue weighted by molar-refractivity contribution is 0.425. The minimum Gasteiger partial charge on any atom is -0.460 e. The molecule has 3 aromatic carbocycles. The van der Waals surface area contributed by atoms with Crippen LogP contribution in [0.1, 0.15) is 62.3 Å². The van der Waals surface area contributed by atoms with Crippen molar-refractivity contribution in [2.24, 2.45) is 0 Å². The molecule has 0 bridgehead atoms. The largest absolute Gasteiger partial charge is 0.460 e. The minimum atomic E-state index is -0.216. The molecule has 0 amide bonds. The molecule has 0 fully saturated rings. The Hall–Kier alpha value is -4.04. The molecule has 2 atom stereocenters. The Balaban J connectivity index is 1.36. The van der Waals surface area contributed by atoms with Gasteiger partial charge in [0.05, 0.1) is 11.6 Å². The highest BCUT2D eigenvalue weighted by Gasteiger charge is 2.38. The van der Waals surface area contributed by atoms with Crippen molar-refractivity contribution in [3.05, 3.63) is 126 Å². The van der Waals surface area contributed by atoms with Crippen molar-refractivity contribution in [1.82, 2.24) is 0 Å². The zero-order valence-electron chi connectivity index (χ0n) is 23.4. The van der Waals surface area contributed by atoms with Crippen LogP contribution in [0.2, 0.25) is 0 Å². The van der Waals surface area contributed by atoms with Gasteiger partial charge in [0.15, 0.2) is 0 Å².